The number of carbonyl (C=O) groups is 1. The van der Waals surface area contributed by atoms with E-state index in [1.165, 1.54) is 12.8 Å². The predicted molar refractivity (Wildman–Crippen MR) is 111 cm³/mol. The van der Waals surface area contributed by atoms with Gasteiger partial charge in [0.1, 0.15) is 0 Å². The third kappa shape index (κ3) is 8.68. The molecule has 1 aliphatic carbocycles. The van der Waals surface area contributed by atoms with E-state index in [1.54, 1.807) is 12.4 Å². The number of carbonyl (C=O) groups excluding carboxylic acids is 1. The Morgan fingerprint density at radius 3 is 2.35 bits per heavy atom. The first-order valence-corrected chi connectivity index (χ1v) is 8.53. The van der Waals surface area contributed by atoms with Crippen LogP contribution in [-0.2, 0) is 4.79 Å². The van der Waals surface area contributed by atoms with Crippen molar-refractivity contribution in [1.82, 2.24) is 25.5 Å². The fourth-order valence-electron chi connectivity index (χ4n) is 2.75. The van der Waals surface area contributed by atoms with E-state index < -0.39 is 0 Å². The topological polar surface area (TPSA) is 73.4 Å². The molecule has 10 heteroatoms. The maximum Gasteiger partial charge on any atom is 0.234 e. The summed E-state index contributed by atoms with van der Waals surface area (Å²) in [5, 5.41) is 6.20. The van der Waals surface area contributed by atoms with Crippen molar-refractivity contribution in [3.8, 4) is 0 Å². The predicted octanol–water partition coefficient (Wildman–Crippen LogP) is 0.980. The molecule has 7 nitrogen and oxygen atoms in total. The highest BCUT2D eigenvalue weighted by Crippen LogP contribution is 2.27. The summed E-state index contributed by atoms with van der Waals surface area (Å²) in [5.74, 6) is 1.72. The Morgan fingerprint density at radius 2 is 1.73 bits per heavy atom. The zero-order valence-corrected chi connectivity index (χ0v) is 17.3. The number of rotatable bonds is 8. The minimum atomic E-state index is 0. The molecule has 1 aliphatic heterocycles. The van der Waals surface area contributed by atoms with Crippen LogP contribution in [0.15, 0.2) is 18.5 Å². The Balaban J connectivity index is 0.00000208. The van der Waals surface area contributed by atoms with Crippen molar-refractivity contribution in [2.75, 3.05) is 57.3 Å². The molecule has 0 atom stereocenters. The summed E-state index contributed by atoms with van der Waals surface area (Å²) in [4.78, 5) is 24.9. The molecule has 1 saturated heterocycles. The maximum absolute atomic E-state index is 11.7. The number of piperazine rings is 1. The minimum absolute atomic E-state index is 0. The summed E-state index contributed by atoms with van der Waals surface area (Å²) in [6.45, 7) is 6.86. The van der Waals surface area contributed by atoms with Crippen LogP contribution in [0.1, 0.15) is 12.8 Å². The highest BCUT2D eigenvalue weighted by molar-refractivity contribution is 5.86. The summed E-state index contributed by atoms with van der Waals surface area (Å²) in [7, 11) is 0. The number of nitrogens with one attached hydrogen (secondary N) is 2. The van der Waals surface area contributed by atoms with E-state index in [-0.39, 0.29) is 43.1 Å². The fourth-order valence-corrected chi connectivity index (χ4v) is 2.75. The molecule has 2 heterocycles. The van der Waals surface area contributed by atoms with Gasteiger partial charge in [-0.3, -0.25) is 9.69 Å². The molecule has 1 aromatic rings. The van der Waals surface area contributed by atoms with Gasteiger partial charge in [0, 0.05) is 51.7 Å². The van der Waals surface area contributed by atoms with Gasteiger partial charge in [0.2, 0.25) is 11.9 Å². The Labute approximate surface area is 173 Å². The quantitative estimate of drug-likeness (QED) is 0.644. The van der Waals surface area contributed by atoms with Crippen LogP contribution < -0.4 is 15.5 Å². The standard InChI is InChI=1S/C16H26N6O.3ClH/c23-15(13-17-12-14-2-3-14)18-6-7-21-8-10-22(11-9-21)16-19-4-1-5-20-16;;;/h1,4-5,14,17H,2-3,6-13H2,(H,18,23);3*1H. The van der Waals surface area contributed by atoms with E-state index in [1.807, 2.05) is 6.07 Å². The van der Waals surface area contributed by atoms with Crippen LogP contribution >= 0.6 is 37.2 Å². The second-order valence-electron chi connectivity index (χ2n) is 6.30. The fraction of sp³-hybridized carbons (Fsp3) is 0.688. The molecule has 0 bridgehead atoms. The number of hydrogen-bond acceptors (Lipinski definition) is 6. The maximum atomic E-state index is 11.7. The number of halogens is 3. The van der Waals surface area contributed by atoms with Crippen molar-refractivity contribution < 1.29 is 4.79 Å². The van der Waals surface area contributed by atoms with Gasteiger partial charge in [-0.15, -0.1) is 37.2 Å². The van der Waals surface area contributed by atoms with E-state index >= 15 is 0 Å². The monoisotopic (exact) mass is 426 g/mol. The molecule has 1 amide bonds. The van der Waals surface area contributed by atoms with E-state index in [2.05, 4.69) is 30.4 Å². The Morgan fingerprint density at radius 1 is 1.08 bits per heavy atom. The molecule has 2 fully saturated rings. The summed E-state index contributed by atoms with van der Waals surface area (Å²) >= 11 is 0. The molecule has 1 aromatic heterocycles. The van der Waals surface area contributed by atoms with Gasteiger partial charge in [-0.2, -0.15) is 0 Å². The van der Waals surface area contributed by atoms with Crippen molar-refractivity contribution in [2.45, 2.75) is 12.8 Å². The van der Waals surface area contributed by atoms with Gasteiger partial charge in [0.05, 0.1) is 6.54 Å². The summed E-state index contributed by atoms with van der Waals surface area (Å²) < 4.78 is 0. The Hall–Kier alpha value is -0.860. The minimum Gasteiger partial charge on any atom is -0.354 e. The van der Waals surface area contributed by atoms with Gasteiger partial charge < -0.3 is 15.5 Å². The molecular formula is C16H29Cl3N6O. The smallest absolute Gasteiger partial charge is 0.234 e. The second-order valence-corrected chi connectivity index (χ2v) is 6.30. The van der Waals surface area contributed by atoms with E-state index in [0.29, 0.717) is 13.1 Å². The molecule has 0 spiro atoms. The molecule has 150 valence electrons. The lowest BCUT2D eigenvalue weighted by molar-refractivity contribution is -0.120. The van der Waals surface area contributed by atoms with Crippen LogP contribution in [0.5, 0.6) is 0 Å². The lowest BCUT2D eigenvalue weighted by Crippen LogP contribution is -2.49. The van der Waals surface area contributed by atoms with Gasteiger partial charge in [0.25, 0.3) is 0 Å². The molecule has 3 rings (SSSR count). The number of amides is 1. The lowest BCUT2D eigenvalue weighted by Gasteiger charge is -2.34. The molecule has 2 N–H and O–H groups in total. The average Bonchev–Trinajstić information content (AvgIpc) is 3.41. The van der Waals surface area contributed by atoms with Gasteiger partial charge in [-0.25, -0.2) is 9.97 Å². The number of hydrogen-bond donors (Lipinski definition) is 2. The van der Waals surface area contributed by atoms with Crippen LogP contribution in [-0.4, -0.2) is 73.1 Å². The highest BCUT2D eigenvalue weighted by Gasteiger charge is 2.21. The summed E-state index contributed by atoms with van der Waals surface area (Å²) in [6.07, 6.45) is 6.19. The SMILES string of the molecule is Cl.Cl.Cl.O=C(CNCC1CC1)NCCN1CCN(c2ncccn2)CC1. The zero-order valence-electron chi connectivity index (χ0n) is 14.8. The zero-order chi connectivity index (χ0) is 15.9. The first-order chi connectivity index (χ1) is 11.3. The summed E-state index contributed by atoms with van der Waals surface area (Å²) in [5.41, 5.74) is 0. The van der Waals surface area contributed by atoms with Crippen LogP contribution in [0.2, 0.25) is 0 Å². The van der Waals surface area contributed by atoms with E-state index in [9.17, 15) is 4.79 Å². The van der Waals surface area contributed by atoms with Crippen LogP contribution in [0.4, 0.5) is 5.95 Å². The van der Waals surface area contributed by atoms with Crippen LogP contribution in [0.25, 0.3) is 0 Å². The highest BCUT2D eigenvalue weighted by atomic mass is 35.5. The van der Waals surface area contributed by atoms with Gasteiger partial charge in [-0.05, 0) is 31.4 Å². The Bertz CT molecular complexity index is 498. The number of aromatic nitrogens is 2. The van der Waals surface area contributed by atoms with Gasteiger partial charge >= 0.3 is 0 Å². The summed E-state index contributed by atoms with van der Waals surface area (Å²) in [6, 6.07) is 1.84. The molecule has 0 radical (unpaired) electrons. The van der Waals surface area contributed by atoms with Crippen molar-refractivity contribution in [3.05, 3.63) is 18.5 Å². The average molecular weight is 428 g/mol. The number of anilines is 1. The first kappa shape index (κ1) is 25.1. The van der Waals surface area contributed by atoms with Crippen molar-refractivity contribution in [3.63, 3.8) is 0 Å². The van der Waals surface area contributed by atoms with E-state index in [0.717, 1.165) is 51.1 Å². The molecule has 1 saturated carbocycles. The molecule has 0 unspecified atom stereocenters. The van der Waals surface area contributed by atoms with Crippen LogP contribution in [0.3, 0.4) is 0 Å². The first-order valence-electron chi connectivity index (χ1n) is 8.53. The van der Waals surface area contributed by atoms with Crippen LogP contribution in [0, 0.1) is 5.92 Å². The Kier molecular flexibility index (Phi) is 12.9. The van der Waals surface area contributed by atoms with Crippen molar-refractivity contribution in [2.24, 2.45) is 5.92 Å². The van der Waals surface area contributed by atoms with Gasteiger partial charge in [-0.1, -0.05) is 0 Å². The molecular weight excluding hydrogens is 399 g/mol. The van der Waals surface area contributed by atoms with Crippen molar-refractivity contribution >= 4 is 49.1 Å². The van der Waals surface area contributed by atoms with E-state index in [4.69, 9.17) is 0 Å². The van der Waals surface area contributed by atoms with Gasteiger partial charge in [0.15, 0.2) is 0 Å². The second kappa shape index (κ2) is 13.3. The molecule has 26 heavy (non-hydrogen) atoms. The molecule has 0 aromatic carbocycles. The third-order valence-corrected chi connectivity index (χ3v) is 4.37. The molecule has 2 aliphatic rings. The number of nitrogens with zero attached hydrogens (tertiary/aromatic N) is 4. The third-order valence-electron chi connectivity index (χ3n) is 4.37. The lowest BCUT2D eigenvalue weighted by atomic mass is 10.3. The largest absolute Gasteiger partial charge is 0.354 e. The normalized spacial score (nSPS) is 16.7. The van der Waals surface area contributed by atoms with Crippen molar-refractivity contribution in [1.29, 1.82) is 0 Å².